The first-order chi connectivity index (χ1) is 17.8. The van der Waals surface area contributed by atoms with Crippen LogP contribution in [0.15, 0.2) is 0 Å². The second kappa shape index (κ2) is 21.4. The van der Waals surface area contributed by atoms with Crippen LogP contribution in [0.1, 0.15) is 101 Å². The Kier molecular flexibility index (Phi) is 24.2. The number of halogens is 2. The van der Waals surface area contributed by atoms with Gasteiger partial charge < -0.3 is 39.9 Å². The van der Waals surface area contributed by atoms with Crippen molar-refractivity contribution < 1.29 is 39.2 Å². The first kappa shape index (κ1) is 47.6. The van der Waals surface area contributed by atoms with E-state index < -0.39 is 22.4 Å². The van der Waals surface area contributed by atoms with Gasteiger partial charge in [0.05, 0.1) is 24.3 Å². The number of likely N-dealkylation sites (tertiary alicyclic amines) is 2. The number of piperidine rings is 3. The highest BCUT2D eigenvalue weighted by molar-refractivity contribution is 5.86. The van der Waals surface area contributed by atoms with E-state index in [2.05, 4.69) is 5.32 Å². The van der Waals surface area contributed by atoms with E-state index in [1.54, 1.807) is 11.8 Å². The van der Waals surface area contributed by atoms with Crippen LogP contribution in [-0.2, 0) is 14.3 Å². The lowest BCUT2D eigenvalue weighted by molar-refractivity contribution is -0.122. The molecule has 3 saturated heterocycles. The van der Waals surface area contributed by atoms with Crippen LogP contribution in [0.4, 0.5) is 9.59 Å². The first-order valence-corrected chi connectivity index (χ1v) is 13.9. The monoisotopic (exact) mass is 649 g/mol. The fraction of sp³-hybridized carbons (Fsp3) is 0.897. The van der Waals surface area contributed by atoms with Crippen molar-refractivity contribution in [2.24, 2.45) is 0 Å². The zero-order chi connectivity index (χ0) is 30.5. The Morgan fingerprint density at radius 1 is 0.810 bits per heavy atom. The summed E-state index contributed by atoms with van der Waals surface area (Å²) in [6.45, 7) is 18.3. The molecular formula is C29H61Cl2N3O8. The lowest BCUT2D eigenvalue weighted by Gasteiger charge is -2.37. The summed E-state index contributed by atoms with van der Waals surface area (Å²) in [5.41, 5.74) is -2.16. The largest absolute Gasteiger partial charge is 0.444 e. The molecule has 3 aliphatic rings. The zero-order valence-corrected chi connectivity index (χ0v) is 28.2. The number of Topliss-reactive ketones (excluding diaryl/α,β-unsaturated/α-hetero) is 1. The minimum absolute atomic E-state index is 0. The van der Waals surface area contributed by atoms with Crippen molar-refractivity contribution in [3.8, 4) is 0 Å². The Labute approximate surface area is 266 Å². The summed E-state index contributed by atoms with van der Waals surface area (Å²) in [5, 5.41) is 29.3. The van der Waals surface area contributed by atoms with E-state index in [9.17, 15) is 24.6 Å². The van der Waals surface area contributed by atoms with Crippen molar-refractivity contribution >= 4 is 42.8 Å². The summed E-state index contributed by atoms with van der Waals surface area (Å²) < 4.78 is 10.4. The SMILES string of the molecule is C.CC(C)(C)OC(=O)N1CCCC(=O)C1.CC1(O)CCCN(C(=O)OC(C)(C)C)C1.CC1(O)CCCNC1.CO.Cl.Cl. The predicted molar refractivity (Wildman–Crippen MR) is 172 cm³/mol. The molecule has 0 aromatic carbocycles. The fourth-order valence-corrected chi connectivity index (χ4v) is 4.06. The minimum atomic E-state index is -0.769. The van der Waals surface area contributed by atoms with E-state index in [1.807, 2.05) is 48.5 Å². The summed E-state index contributed by atoms with van der Waals surface area (Å²) in [7, 11) is 1.00. The number of hydrogen-bond acceptors (Lipinski definition) is 9. The topological polar surface area (TPSA) is 149 Å². The van der Waals surface area contributed by atoms with Crippen LogP contribution in [0.5, 0.6) is 0 Å². The second-order valence-electron chi connectivity index (χ2n) is 12.8. The van der Waals surface area contributed by atoms with E-state index >= 15 is 0 Å². The van der Waals surface area contributed by atoms with Gasteiger partial charge in [-0.15, -0.1) is 24.8 Å². The van der Waals surface area contributed by atoms with Crippen molar-refractivity contribution in [3.05, 3.63) is 0 Å². The van der Waals surface area contributed by atoms with Gasteiger partial charge in [-0.1, -0.05) is 7.43 Å². The maximum atomic E-state index is 11.7. The summed E-state index contributed by atoms with van der Waals surface area (Å²) in [5.74, 6) is 0.113. The third kappa shape index (κ3) is 23.1. The summed E-state index contributed by atoms with van der Waals surface area (Å²) >= 11 is 0. The number of amides is 2. The Hall–Kier alpha value is -1.37. The van der Waals surface area contributed by atoms with E-state index in [4.69, 9.17) is 14.6 Å². The molecule has 3 heterocycles. The molecule has 13 heteroatoms. The van der Waals surface area contributed by atoms with Gasteiger partial charge in [0.25, 0.3) is 0 Å². The number of hydrogen-bond donors (Lipinski definition) is 4. The number of aliphatic hydroxyl groups excluding tert-OH is 1. The number of β-amino-alcohol motifs (C(OH)–C–C–N with tert-alkyl or cyclic N) is 2. The van der Waals surface area contributed by atoms with Gasteiger partial charge in [-0.25, -0.2) is 9.59 Å². The van der Waals surface area contributed by atoms with Gasteiger partial charge in [-0.2, -0.15) is 0 Å². The number of ketones is 1. The number of nitrogens with zero attached hydrogens (tertiary/aromatic N) is 2. The third-order valence-electron chi connectivity index (χ3n) is 5.80. The van der Waals surface area contributed by atoms with Gasteiger partial charge in [0.15, 0.2) is 5.78 Å². The molecule has 0 spiro atoms. The van der Waals surface area contributed by atoms with Crippen LogP contribution < -0.4 is 5.32 Å². The highest BCUT2D eigenvalue weighted by atomic mass is 35.5. The standard InChI is InChI=1S/C11H21NO3.C10H17NO3.C6H13NO.CH4O.CH4.2ClH/c1-10(2,3)15-9(13)12-7-5-6-11(4,14)8-12;1-10(2,3)14-9(13)11-6-4-5-8(12)7-11;1-6(8)3-2-4-7-5-6;1-2;;;/h14H,5-8H2,1-4H3;4-7H2,1-3H3;7-8H,2-5H2,1H3;2H,1H3;1H4;2*1H. The molecule has 254 valence electrons. The summed E-state index contributed by atoms with van der Waals surface area (Å²) in [4.78, 5) is 37.3. The van der Waals surface area contributed by atoms with Crippen molar-refractivity contribution in [1.82, 2.24) is 15.1 Å². The average Bonchev–Trinajstić information content (AvgIpc) is 2.78. The summed E-state index contributed by atoms with van der Waals surface area (Å²) in [6.07, 6.45) is 4.23. The van der Waals surface area contributed by atoms with Crippen LogP contribution in [0.25, 0.3) is 0 Å². The van der Waals surface area contributed by atoms with Crippen molar-refractivity contribution in [1.29, 1.82) is 0 Å². The molecule has 0 aromatic heterocycles. The summed E-state index contributed by atoms with van der Waals surface area (Å²) in [6, 6.07) is 0. The van der Waals surface area contributed by atoms with E-state index in [-0.39, 0.29) is 56.8 Å². The molecule has 3 fully saturated rings. The third-order valence-corrected chi connectivity index (χ3v) is 5.80. The normalized spacial score (nSPS) is 23.7. The average molecular weight is 651 g/mol. The highest BCUT2D eigenvalue weighted by Crippen LogP contribution is 2.22. The van der Waals surface area contributed by atoms with Crippen LogP contribution in [0.3, 0.4) is 0 Å². The Morgan fingerprint density at radius 2 is 1.26 bits per heavy atom. The molecule has 0 bridgehead atoms. The van der Waals surface area contributed by atoms with Gasteiger partial charge >= 0.3 is 12.2 Å². The predicted octanol–water partition coefficient (Wildman–Crippen LogP) is 4.56. The molecule has 0 radical (unpaired) electrons. The van der Waals surface area contributed by atoms with E-state index in [0.29, 0.717) is 26.1 Å². The molecule has 0 aliphatic carbocycles. The lowest BCUT2D eigenvalue weighted by atomic mass is 9.95. The van der Waals surface area contributed by atoms with Crippen LogP contribution in [0.2, 0.25) is 0 Å². The fourth-order valence-electron chi connectivity index (χ4n) is 4.06. The molecule has 3 rings (SSSR count). The van der Waals surface area contributed by atoms with Crippen LogP contribution in [0, 0.1) is 0 Å². The molecule has 2 atom stereocenters. The molecule has 42 heavy (non-hydrogen) atoms. The molecular weight excluding hydrogens is 589 g/mol. The van der Waals surface area contributed by atoms with Gasteiger partial charge in [0.1, 0.15) is 11.2 Å². The van der Waals surface area contributed by atoms with E-state index in [1.165, 1.54) is 4.90 Å². The Morgan fingerprint density at radius 3 is 1.62 bits per heavy atom. The Bertz CT molecular complexity index is 761. The lowest BCUT2D eigenvalue weighted by Crippen LogP contribution is -2.49. The molecule has 3 aliphatic heterocycles. The molecule has 2 amide bonds. The maximum absolute atomic E-state index is 11.7. The number of nitrogens with one attached hydrogen (secondary N) is 1. The minimum Gasteiger partial charge on any atom is -0.444 e. The van der Waals surface area contributed by atoms with E-state index in [0.717, 1.165) is 52.3 Å². The molecule has 11 nitrogen and oxygen atoms in total. The number of aliphatic hydroxyl groups is 3. The van der Waals surface area contributed by atoms with Gasteiger partial charge in [0, 0.05) is 33.2 Å². The molecule has 0 saturated carbocycles. The van der Waals surface area contributed by atoms with Crippen molar-refractivity contribution in [2.45, 2.75) is 124 Å². The first-order valence-electron chi connectivity index (χ1n) is 13.9. The zero-order valence-electron chi connectivity index (χ0n) is 26.6. The quantitative estimate of drug-likeness (QED) is 0.296. The van der Waals surface area contributed by atoms with Crippen molar-refractivity contribution in [2.75, 3.05) is 46.4 Å². The number of carbonyl (C=O) groups is 3. The number of ether oxygens (including phenoxy) is 2. The molecule has 0 aromatic rings. The second-order valence-corrected chi connectivity index (χ2v) is 12.8. The van der Waals surface area contributed by atoms with Crippen LogP contribution in [-0.4, -0.2) is 112 Å². The van der Waals surface area contributed by atoms with Gasteiger partial charge in [0.2, 0.25) is 0 Å². The maximum Gasteiger partial charge on any atom is 0.410 e. The highest BCUT2D eigenvalue weighted by Gasteiger charge is 2.33. The smallest absolute Gasteiger partial charge is 0.410 e. The van der Waals surface area contributed by atoms with Crippen molar-refractivity contribution in [3.63, 3.8) is 0 Å². The van der Waals surface area contributed by atoms with Crippen LogP contribution >= 0.6 is 24.8 Å². The Balaban J connectivity index is -0.000000250. The molecule has 4 N–H and O–H groups in total. The number of rotatable bonds is 0. The number of carbonyl (C=O) groups excluding carboxylic acids is 3. The molecule has 2 unspecified atom stereocenters. The van der Waals surface area contributed by atoms with Gasteiger partial charge in [-0.3, -0.25) is 4.79 Å². The van der Waals surface area contributed by atoms with Gasteiger partial charge in [-0.05, 0) is 94.0 Å².